The third-order valence-electron chi connectivity index (χ3n) is 4.29. The van der Waals surface area contributed by atoms with Crippen LogP contribution in [0.4, 0.5) is 0 Å². The van der Waals surface area contributed by atoms with Crippen LogP contribution in [-0.4, -0.2) is 34.1 Å². The molecule has 0 saturated carbocycles. The molecule has 7 heteroatoms. The van der Waals surface area contributed by atoms with Crippen LogP contribution in [0, 0.1) is 0 Å². The van der Waals surface area contributed by atoms with Gasteiger partial charge in [-0.25, -0.2) is 4.79 Å². The zero-order chi connectivity index (χ0) is 18.9. The van der Waals surface area contributed by atoms with Crippen LogP contribution in [0.3, 0.4) is 0 Å². The number of carbonyl (C=O) groups excluding carboxylic acids is 1. The first-order valence-electron chi connectivity index (χ1n) is 9.71. The second-order valence-corrected chi connectivity index (χ2v) is 6.68. The van der Waals surface area contributed by atoms with Gasteiger partial charge >= 0.3 is 41.5 Å². The fraction of sp³-hybridized carbons (Fsp3) is 0.842. The van der Waals surface area contributed by atoms with Crippen LogP contribution in [0.5, 0.6) is 0 Å². The predicted octanol–water partition coefficient (Wildman–Crippen LogP) is 1.24. The first-order valence-corrected chi connectivity index (χ1v) is 9.71. The molecule has 148 valence electrons. The van der Waals surface area contributed by atoms with Crippen LogP contribution in [0.2, 0.25) is 0 Å². The van der Waals surface area contributed by atoms with E-state index in [2.05, 4.69) is 12.2 Å². The molecule has 6 nitrogen and oxygen atoms in total. The number of carbonyl (C=O) groups is 3. The Labute approximate surface area is 181 Å². The molecule has 1 unspecified atom stereocenters. The predicted molar refractivity (Wildman–Crippen MR) is 98.6 cm³/mol. The average molecular weight is 381 g/mol. The van der Waals surface area contributed by atoms with Crippen LogP contribution < -0.4 is 34.9 Å². The van der Waals surface area contributed by atoms with Crippen LogP contribution in [0.15, 0.2) is 0 Å². The van der Waals surface area contributed by atoms with E-state index < -0.39 is 18.0 Å². The van der Waals surface area contributed by atoms with Gasteiger partial charge in [-0.3, -0.25) is 9.59 Å². The maximum atomic E-state index is 11.7. The maximum Gasteiger partial charge on any atom is 1.00 e. The summed E-state index contributed by atoms with van der Waals surface area (Å²) in [6, 6.07) is -1.11. The quantitative estimate of drug-likeness (QED) is 0.260. The third kappa shape index (κ3) is 18.2. The van der Waals surface area contributed by atoms with Crippen molar-refractivity contribution in [3.8, 4) is 0 Å². The monoisotopic (exact) mass is 381 g/mol. The van der Waals surface area contributed by atoms with Crippen molar-refractivity contribution in [2.75, 3.05) is 0 Å². The Kier molecular flexibility index (Phi) is 20.4. The summed E-state index contributed by atoms with van der Waals surface area (Å²) in [5, 5.41) is 20.0. The standard InChI is InChI=1S/C19H35NO5.Na.H/c1-2-3-4-5-6-7-8-9-10-11-12-13-17(21)20-16(19(24)25)14-15-18(22)23;;/h16H,2-15H2,1H3,(H,20,21)(H,22,23)(H,24,25);;/q;+1;-1. The largest absolute Gasteiger partial charge is 1.00 e. The molecule has 0 aliphatic heterocycles. The Balaban J connectivity index is -0.00000288. The summed E-state index contributed by atoms with van der Waals surface area (Å²) >= 11 is 0. The van der Waals surface area contributed by atoms with E-state index in [0.717, 1.165) is 19.3 Å². The molecule has 0 rings (SSSR count). The van der Waals surface area contributed by atoms with Gasteiger partial charge in [0.15, 0.2) is 0 Å². The number of unbranched alkanes of at least 4 members (excludes halogenated alkanes) is 10. The van der Waals surface area contributed by atoms with Gasteiger partial charge in [-0.1, -0.05) is 71.1 Å². The Morgan fingerprint density at radius 2 is 1.27 bits per heavy atom. The minimum Gasteiger partial charge on any atom is -1.00 e. The van der Waals surface area contributed by atoms with Gasteiger partial charge in [0.25, 0.3) is 0 Å². The van der Waals surface area contributed by atoms with Crippen molar-refractivity contribution in [3.05, 3.63) is 0 Å². The number of aliphatic carboxylic acids is 2. The van der Waals surface area contributed by atoms with Crippen molar-refractivity contribution < 1.29 is 55.6 Å². The van der Waals surface area contributed by atoms with Gasteiger partial charge < -0.3 is 17.0 Å². The van der Waals surface area contributed by atoms with E-state index in [1.807, 2.05) is 0 Å². The molecule has 1 atom stereocenters. The molecule has 0 aliphatic rings. The molecule has 0 aromatic heterocycles. The average Bonchev–Trinajstić information content (AvgIpc) is 2.56. The van der Waals surface area contributed by atoms with E-state index in [0.29, 0.717) is 6.42 Å². The van der Waals surface area contributed by atoms with Crippen molar-refractivity contribution in [1.82, 2.24) is 5.32 Å². The van der Waals surface area contributed by atoms with Gasteiger partial charge in [0, 0.05) is 12.8 Å². The van der Waals surface area contributed by atoms with Crippen molar-refractivity contribution in [3.63, 3.8) is 0 Å². The zero-order valence-corrected chi connectivity index (χ0v) is 18.6. The normalized spacial score (nSPS) is 11.4. The molecule has 0 spiro atoms. The van der Waals surface area contributed by atoms with Crippen LogP contribution >= 0.6 is 0 Å². The Hall–Kier alpha value is -0.590. The molecule has 1 amide bonds. The van der Waals surface area contributed by atoms with Crippen LogP contribution in [-0.2, 0) is 14.4 Å². The number of hydrogen-bond acceptors (Lipinski definition) is 3. The van der Waals surface area contributed by atoms with E-state index >= 15 is 0 Å². The second-order valence-electron chi connectivity index (χ2n) is 6.68. The third-order valence-corrected chi connectivity index (χ3v) is 4.29. The summed E-state index contributed by atoms with van der Waals surface area (Å²) < 4.78 is 0. The first kappa shape index (κ1) is 27.6. The number of rotatable bonds is 17. The summed E-state index contributed by atoms with van der Waals surface area (Å²) in [4.78, 5) is 33.2. The minimum absolute atomic E-state index is 0. The topological polar surface area (TPSA) is 104 Å². The molecule has 0 bridgehead atoms. The zero-order valence-electron chi connectivity index (χ0n) is 17.6. The van der Waals surface area contributed by atoms with E-state index in [-0.39, 0.29) is 49.7 Å². The van der Waals surface area contributed by atoms with Gasteiger partial charge in [0.05, 0.1) is 0 Å². The molecule has 0 radical (unpaired) electrons. The molecule has 0 aromatic carbocycles. The summed E-state index contributed by atoms with van der Waals surface area (Å²) in [6.07, 6.45) is 13.1. The fourth-order valence-corrected chi connectivity index (χ4v) is 2.74. The minimum atomic E-state index is -1.19. The summed E-state index contributed by atoms with van der Waals surface area (Å²) in [6.45, 7) is 2.22. The first-order chi connectivity index (χ1) is 12.0. The van der Waals surface area contributed by atoms with Crippen molar-refractivity contribution in [1.29, 1.82) is 0 Å². The molecule has 0 saturated heterocycles. The second kappa shape index (κ2) is 19.2. The molecule has 26 heavy (non-hydrogen) atoms. The van der Waals surface area contributed by atoms with Gasteiger partial charge in [0.2, 0.25) is 5.91 Å². The molecule has 0 fully saturated rings. The number of hydrogen-bond donors (Lipinski definition) is 3. The van der Waals surface area contributed by atoms with E-state index in [4.69, 9.17) is 10.2 Å². The van der Waals surface area contributed by atoms with Gasteiger partial charge in [-0.05, 0) is 12.8 Å². The number of carboxylic acids is 2. The summed E-state index contributed by atoms with van der Waals surface area (Å²) in [5.41, 5.74) is 0. The van der Waals surface area contributed by atoms with Crippen LogP contribution in [0.1, 0.15) is 98.2 Å². The number of carboxylic acid groups (broad SMARTS) is 2. The van der Waals surface area contributed by atoms with Crippen molar-refractivity contribution in [2.45, 2.75) is 103 Å². The molecular formula is C19H36NNaO5. The molecule has 0 heterocycles. The SMILES string of the molecule is CCCCCCCCCCCCCC(=O)NC(CCC(=O)O)C(=O)O.[H-].[Na+]. The number of amides is 1. The smallest absolute Gasteiger partial charge is 1.00 e. The van der Waals surface area contributed by atoms with Gasteiger partial charge in [-0.2, -0.15) is 0 Å². The van der Waals surface area contributed by atoms with Crippen molar-refractivity contribution in [2.24, 2.45) is 0 Å². The van der Waals surface area contributed by atoms with Gasteiger partial charge in [-0.15, -0.1) is 0 Å². The Morgan fingerprint density at radius 3 is 1.69 bits per heavy atom. The van der Waals surface area contributed by atoms with E-state index in [1.165, 1.54) is 51.4 Å². The summed E-state index contributed by atoms with van der Waals surface area (Å²) in [7, 11) is 0. The summed E-state index contributed by atoms with van der Waals surface area (Å²) in [5.74, 6) is -2.56. The molecule has 3 N–H and O–H groups in total. The maximum absolute atomic E-state index is 11.7. The molecule has 0 aliphatic carbocycles. The van der Waals surface area contributed by atoms with Crippen LogP contribution in [0.25, 0.3) is 0 Å². The van der Waals surface area contributed by atoms with E-state index in [1.54, 1.807) is 0 Å². The Bertz CT molecular complexity index is 396. The fourth-order valence-electron chi connectivity index (χ4n) is 2.74. The van der Waals surface area contributed by atoms with Gasteiger partial charge in [0.1, 0.15) is 6.04 Å². The number of nitrogens with one attached hydrogen (secondary N) is 1. The molecular weight excluding hydrogens is 345 g/mol. The van der Waals surface area contributed by atoms with Crippen molar-refractivity contribution >= 4 is 17.8 Å². The Morgan fingerprint density at radius 1 is 0.808 bits per heavy atom. The molecule has 0 aromatic rings. The van der Waals surface area contributed by atoms with E-state index in [9.17, 15) is 14.4 Å².